The van der Waals surface area contributed by atoms with Crippen LogP contribution in [0.5, 0.6) is 0 Å². The van der Waals surface area contributed by atoms with Crippen LogP contribution in [0.3, 0.4) is 0 Å². The van der Waals surface area contributed by atoms with E-state index in [4.69, 9.17) is 9.47 Å². The Morgan fingerprint density at radius 1 is 1.24 bits per heavy atom. The largest absolute Gasteiger partial charge is 0.460 e. The number of rotatable bonds is 10. The average molecular weight is 406 g/mol. The number of nitrogens with zero attached hydrogens (tertiary/aromatic N) is 3. The molecule has 1 aromatic rings. The molecule has 6 nitrogen and oxygen atoms in total. The molecule has 3 rings (SSSR count). The Kier molecular flexibility index (Phi) is 7.02. The minimum absolute atomic E-state index is 0.000637. The van der Waals surface area contributed by atoms with Gasteiger partial charge in [-0.1, -0.05) is 19.1 Å². The summed E-state index contributed by atoms with van der Waals surface area (Å²) in [6.45, 7) is 10.9. The van der Waals surface area contributed by atoms with Crippen molar-refractivity contribution in [1.82, 2.24) is 15.0 Å². The van der Waals surface area contributed by atoms with E-state index >= 15 is 0 Å². The monoisotopic (exact) mass is 405 g/mol. The number of esters is 1. The Hall–Kier alpha value is -1.43. The van der Waals surface area contributed by atoms with Gasteiger partial charge in [0.2, 0.25) is 0 Å². The van der Waals surface area contributed by atoms with Crippen molar-refractivity contribution >= 4 is 5.97 Å². The predicted octanol–water partition coefficient (Wildman–Crippen LogP) is 5.00. The van der Waals surface area contributed by atoms with Gasteiger partial charge >= 0.3 is 5.97 Å². The van der Waals surface area contributed by atoms with Crippen molar-refractivity contribution in [2.45, 2.75) is 103 Å². The summed E-state index contributed by atoms with van der Waals surface area (Å²) in [7, 11) is 1.70. The van der Waals surface area contributed by atoms with Crippen LogP contribution < -0.4 is 0 Å². The highest BCUT2D eigenvalue weighted by Gasteiger charge is 2.40. The zero-order chi connectivity index (χ0) is 21.2. The van der Waals surface area contributed by atoms with Gasteiger partial charge in [-0.2, -0.15) is 0 Å². The summed E-state index contributed by atoms with van der Waals surface area (Å²) in [4.78, 5) is 12.5. The second-order valence-corrected chi connectivity index (χ2v) is 10.5. The van der Waals surface area contributed by atoms with Crippen LogP contribution in [0, 0.1) is 11.8 Å². The third kappa shape index (κ3) is 6.03. The normalized spacial score (nSPS) is 23.1. The smallest absolute Gasteiger partial charge is 0.306 e. The van der Waals surface area contributed by atoms with Crippen molar-refractivity contribution in [1.29, 1.82) is 0 Å². The predicted molar refractivity (Wildman–Crippen MR) is 113 cm³/mol. The SMILES string of the molecule is COCCC(CC(=O)OC(C)(C)C)c1nnn(C2CC(CC(C)C)C2)c1C1CC1. The van der Waals surface area contributed by atoms with Crippen LogP contribution in [0.4, 0.5) is 0 Å². The first-order valence-electron chi connectivity index (χ1n) is 11.3. The lowest BCUT2D eigenvalue weighted by Gasteiger charge is -2.37. The van der Waals surface area contributed by atoms with Gasteiger partial charge in [0.25, 0.3) is 0 Å². The molecule has 1 atom stereocenters. The highest BCUT2D eigenvalue weighted by Crippen LogP contribution is 2.48. The molecule has 164 valence electrons. The number of ether oxygens (including phenoxy) is 2. The first kappa shape index (κ1) is 22.3. The van der Waals surface area contributed by atoms with E-state index in [0.29, 0.717) is 25.0 Å². The van der Waals surface area contributed by atoms with Crippen molar-refractivity contribution in [2.75, 3.05) is 13.7 Å². The highest BCUT2D eigenvalue weighted by atomic mass is 16.6. The highest BCUT2D eigenvalue weighted by molar-refractivity contribution is 5.71. The molecule has 1 heterocycles. The molecule has 1 aromatic heterocycles. The number of methoxy groups -OCH3 is 1. The first-order valence-corrected chi connectivity index (χ1v) is 11.3. The molecule has 0 bridgehead atoms. The molecule has 0 radical (unpaired) electrons. The Labute approximate surface area is 175 Å². The van der Waals surface area contributed by atoms with Crippen molar-refractivity contribution in [3.05, 3.63) is 11.4 Å². The van der Waals surface area contributed by atoms with Gasteiger partial charge in [0, 0.05) is 25.6 Å². The summed E-state index contributed by atoms with van der Waals surface area (Å²) in [6, 6.07) is 0.472. The van der Waals surface area contributed by atoms with Crippen molar-refractivity contribution in [2.24, 2.45) is 11.8 Å². The van der Waals surface area contributed by atoms with Crippen molar-refractivity contribution < 1.29 is 14.3 Å². The third-order valence-electron chi connectivity index (χ3n) is 5.97. The van der Waals surface area contributed by atoms with Crippen LogP contribution in [0.1, 0.15) is 109 Å². The van der Waals surface area contributed by atoms with Crippen molar-refractivity contribution in [3.63, 3.8) is 0 Å². The second-order valence-electron chi connectivity index (χ2n) is 10.5. The van der Waals surface area contributed by atoms with Gasteiger partial charge in [-0.05, 0) is 71.1 Å². The molecule has 0 saturated heterocycles. The number of carbonyl (C=O) groups excluding carboxylic acids is 1. The fourth-order valence-corrected chi connectivity index (χ4v) is 4.57. The molecule has 0 spiro atoms. The fraction of sp³-hybridized carbons (Fsp3) is 0.870. The van der Waals surface area contributed by atoms with E-state index in [1.54, 1.807) is 7.11 Å². The Morgan fingerprint density at radius 2 is 1.93 bits per heavy atom. The molecule has 29 heavy (non-hydrogen) atoms. The maximum atomic E-state index is 12.5. The van der Waals surface area contributed by atoms with E-state index in [0.717, 1.165) is 24.0 Å². The molecule has 6 heteroatoms. The molecule has 2 aliphatic carbocycles. The van der Waals surface area contributed by atoms with Gasteiger partial charge in [-0.3, -0.25) is 4.79 Å². The van der Waals surface area contributed by atoms with Crippen LogP contribution >= 0.6 is 0 Å². The molecule has 2 saturated carbocycles. The molecular formula is C23H39N3O3. The molecule has 0 N–H and O–H groups in total. The van der Waals surface area contributed by atoms with E-state index in [1.807, 2.05) is 20.8 Å². The van der Waals surface area contributed by atoms with Gasteiger partial charge in [0.05, 0.1) is 23.9 Å². The zero-order valence-corrected chi connectivity index (χ0v) is 19.1. The molecule has 0 aliphatic heterocycles. The van der Waals surface area contributed by atoms with Crippen LogP contribution in [0.25, 0.3) is 0 Å². The topological polar surface area (TPSA) is 66.2 Å². The zero-order valence-electron chi connectivity index (χ0n) is 19.1. The molecule has 2 fully saturated rings. The lowest BCUT2D eigenvalue weighted by Crippen LogP contribution is -2.30. The van der Waals surface area contributed by atoms with Gasteiger partial charge in [-0.15, -0.1) is 5.10 Å². The van der Waals surface area contributed by atoms with E-state index in [9.17, 15) is 4.79 Å². The average Bonchev–Trinajstić information content (AvgIpc) is 3.32. The lowest BCUT2D eigenvalue weighted by atomic mass is 9.75. The first-order chi connectivity index (χ1) is 13.7. The summed E-state index contributed by atoms with van der Waals surface area (Å²) in [5.41, 5.74) is 1.81. The van der Waals surface area contributed by atoms with Crippen LogP contribution in [0.15, 0.2) is 0 Å². The Morgan fingerprint density at radius 3 is 2.48 bits per heavy atom. The lowest BCUT2D eigenvalue weighted by molar-refractivity contribution is -0.155. The number of carbonyl (C=O) groups is 1. The number of hydrogen-bond donors (Lipinski definition) is 0. The second kappa shape index (κ2) is 9.15. The number of hydrogen-bond acceptors (Lipinski definition) is 5. The maximum absolute atomic E-state index is 12.5. The summed E-state index contributed by atoms with van der Waals surface area (Å²) in [6.07, 6.45) is 7.20. The Balaban J connectivity index is 1.76. The van der Waals surface area contributed by atoms with Gasteiger partial charge in [0.15, 0.2) is 0 Å². The van der Waals surface area contributed by atoms with E-state index in [2.05, 4.69) is 28.8 Å². The van der Waals surface area contributed by atoms with E-state index in [1.165, 1.54) is 37.8 Å². The standard InChI is InChI=1S/C23H39N3O3/c1-15(2)11-16-12-19(13-16)26-22(17-7-8-17)21(24-25-26)18(9-10-28-6)14-20(27)29-23(3,4)5/h15-19H,7-14H2,1-6H3. The quantitative estimate of drug-likeness (QED) is 0.512. The maximum Gasteiger partial charge on any atom is 0.306 e. The summed E-state index contributed by atoms with van der Waals surface area (Å²) in [5, 5.41) is 9.22. The van der Waals surface area contributed by atoms with Gasteiger partial charge < -0.3 is 9.47 Å². The summed E-state index contributed by atoms with van der Waals surface area (Å²) in [5.74, 6) is 1.94. The Bertz CT molecular complexity index is 682. The van der Waals surface area contributed by atoms with Crippen molar-refractivity contribution in [3.8, 4) is 0 Å². The van der Waals surface area contributed by atoms with Crippen LogP contribution in [0.2, 0.25) is 0 Å². The van der Waals surface area contributed by atoms with E-state index < -0.39 is 5.60 Å². The molecule has 0 aromatic carbocycles. The minimum atomic E-state index is -0.475. The van der Waals surface area contributed by atoms with Crippen LogP contribution in [-0.2, 0) is 14.3 Å². The van der Waals surface area contributed by atoms with Crippen LogP contribution in [-0.4, -0.2) is 40.3 Å². The summed E-state index contributed by atoms with van der Waals surface area (Å²) >= 11 is 0. The fourth-order valence-electron chi connectivity index (χ4n) is 4.57. The number of aromatic nitrogens is 3. The molecule has 0 amide bonds. The third-order valence-corrected chi connectivity index (χ3v) is 5.97. The van der Waals surface area contributed by atoms with Gasteiger partial charge in [-0.25, -0.2) is 4.68 Å². The van der Waals surface area contributed by atoms with Gasteiger partial charge in [0.1, 0.15) is 5.60 Å². The molecule has 1 unspecified atom stereocenters. The summed E-state index contributed by atoms with van der Waals surface area (Å²) < 4.78 is 13.1. The molecule has 2 aliphatic rings. The van der Waals surface area contributed by atoms with E-state index in [-0.39, 0.29) is 11.9 Å². The molecular weight excluding hydrogens is 366 g/mol. The minimum Gasteiger partial charge on any atom is -0.460 e.